The SMILES string of the molecule is COc1ccc(C(=O)N2CCC(N[C@H]3CC(=O)N(c4ccc(F)cc4)C3=O)CC2)cc1. The van der Waals surface area contributed by atoms with Gasteiger partial charge in [0, 0.05) is 24.7 Å². The van der Waals surface area contributed by atoms with E-state index in [-0.39, 0.29) is 30.2 Å². The third-order valence-corrected chi connectivity index (χ3v) is 5.79. The largest absolute Gasteiger partial charge is 0.497 e. The van der Waals surface area contributed by atoms with Crippen molar-refractivity contribution in [1.82, 2.24) is 10.2 Å². The van der Waals surface area contributed by atoms with Gasteiger partial charge in [0.05, 0.1) is 25.3 Å². The first-order valence-electron chi connectivity index (χ1n) is 10.3. The summed E-state index contributed by atoms with van der Waals surface area (Å²) < 4.78 is 18.3. The maximum atomic E-state index is 13.2. The van der Waals surface area contributed by atoms with Gasteiger partial charge in [0.2, 0.25) is 5.91 Å². The lowest BCUT2D eigenvalue weighted by atomic mass is 10.0. The summed E-state index contributed by atoms with van der Waals surface area (Å²) in [6.07, 6.45) is 1.45. The van der Waals surface area contributed by atoms with Crippen LogP contribution in [0.3, 0.4) is 0 Å². The lowest BCUT2D eigenvalue weighted by Crippen LogP contribution is -2.49. The van der Waals surface area contributed by atoms with E-state index in [2.05, 4.69) is 5.32 Å². The lowest BCUT2D eigenvalue weighted by Gasteiger charge is -2.33. The van der Waals surface area contributed by atoms with Crippen LogP contribution in [0.25, 0.3) is 0 Å². The molecule has 0 unspecified atom stereocenters. The van der Waals surface area contributed by atoms with E-state index in [0.29, 0.717) is 42.9 Å². The van der Waals surface area contributed by atoms with Crippen molar-refractivity contribution in [2.45, 2.75) is 31.3 Å². The molecule has 3 amide bonds. The summed E-state index contributed by atoms with van der Waals surface area (Å²) in [6.45, 7) is 1.14. The lowest BCUT2D eigenvalue weighted by molar-refractivity contribution is -0.121. The average Bonchev–Trinajstić information content (AvgIpc) is 3.07. The number of hydrogen-bond acceptors (Lipinski definition) is 5. The second-order valence-electron chi connectivity index (χ2n) is 7.76. The first-order chi connectivity index (χ1) is 15.0. The Morgan fingerprint density at radius 2 is 1.68 bits per heavy atom. The highest BCUT2D eigenvalue weighted by atomic mass is 19.1. The molecule has 2 aliphatic rings. The third kappa shape index (κ3) is 4.44. The van der Waals surface area contributed by atoms with E-state index in [1.807, 2.05) is 0 Å². The maximum absolute atomic E-state index is 13.2. The Morgan fingerprint density at radius 3 is 2.29 bits per heavy atom. The van der Waals surface area contributed by atoms with E-state index >= 15 is 0 Å². The summed E-state index contributed by atoms with van der Waals surface area (Å²) in [5, 5.41) is 3.28. The van der Waals surface area contributed by atoms with Crippen molar-refractivity contribution in [2.75, 3.05) is 25.1 Å². The fraction of sp³-hybridized carbons (Fsp3) is 0.348. The molecule has 0 radical (unpaired) electrons. The molecule has 162 valence electrons. The number of piperidine rings is 1. The van der Waals surface area contributed by atoms with Crippen LogP contribution in [0.4, 0.5) is 10.1 Å². The van der Waals surface area contributed by atoms with Crippen LogP contribution in [-0.4, -0.2) is 54.9 Å². The molecule has 2 fully saturated rings. The highest BCUT2D eigenvalue weighted by Gasteiger charge is 2.40. The topological polar surface area (TPSA) is 79.0 Å². The predicted octanol–water partition coefficient (Wildman–Crippen LogP) is 2.36. The minimum atomic E-state index is -0.605. The molecule has 7 nitrogen and oxygen atoms in total. The van der Waals surface area contributed by atoms with E-state index in [1.165, 1.54) is 24.3 Å². The first-order valence-corrected chi connectivity index (χ1v) is 10.3. The minimum absolute atomic E-state index is 0.0318. The van der Waals surface area contributed by atoms with Crippen molar-refractivity contribution >= 4 is 23.4 Å². The summed E-state index contributed by atoms with van der Waals surface area (Å²) in [5.41, 5.74) is 0.985. The van der Waals surface area contributed by atoms with Gasteiger partial charge in [-0.15, -0.1) is 0 Å². The highest BCUT2D eigenvalue weighted by Crippen LogP contribution is 2.24. The van der Waals surface area contributed by atoms with Crippen molar-refractivity contribution in [3.8, 4) is 5.75 Å². The number of halogens is 1. The number of imide groups is 1. The van der Waals surface area contributed by atoms with Crippen molar-refractivity contribution in [3.05, 3.63) is 59.9 Å². The van der Waals surface area contributed by atoms with Crippen LogP contribution in [0.15, 0.2) is 48.5 Å². The Hall–Kier alpha value is -3.26. The van der Waals surface area contributed by atoms with Crippen LogP contribution in [0.5, 0.6) is 5.75 Å². The Kier molecular flexibility index (Phi) is 5.99. The third-order valence-electron chi connectivity index (χ3n) is 5.79. The standard InChI is InChI=1S/C23H24FN3O4/c1-31-19-8-2-15(3-9-19)22(29)26-12-10-17(11-13-26)25-20-14-21(28)27(23(20)30)18-6-4-16(24)5-7-18/h2-9,17,20,25H,10-14H2,1H3/t20-/m0/s1. The van der Waals surface area contributed by atoms with Gasteiger partial charge in [-0.3, -0.25) is 14.4 Å². The molecular weight excluding hydrogens is 401 g/mol. The molecule has 0 spiro atoms. The fourth-order valence-electron chi connectivity index (χ4n) is 4.07. The van der Waals surface area contributed by atoms with E-state index in [9.17, 15) is 18.8 Å². The summed E-state index contributed by atoms with van der Waals surface area (Å²) in [7, 11) is 1.58. The van der Waals surface area contributed by atoms with Gasteiger partial charge in [0.1, 0.15) is 11.6 Å². The molecule has 8 heteroatoms. The van der Waals surface area contributed by atoms with Gasteiger partial charge in [0.25, 0.3) is 11.8 Å². The smallest absolute Gasteiger partial charge is 0.253 e. The second kappa shape index (κ2) is 8.85. The van der Waals surface area contributed by atoms with Gasteiger partial charge in [-0.05, 0) is 61.4 Å². The number of carbonyl (C=O) groups is 3. The highest BCUT2D eigenvalue weighted by molar-refractivity contribution is 6.22. The molecule has 0 aromatic heterocycles. The number of amides is 3. The van der Waals surface area contributed by atoms with Crippen LogP contribution in [0.2, 0.25) is 0 Å². The van der Waals surface area contributed by atoms with Crippen molar-refractivity contribution in [3.63, 3.8) is 0 Å². The van der Waals surface area contributed by atoms with Crippen molar-refractivity contribution in [1.29, 1.82) is 0 Å². The Morgan fingerprint density at radius 1 is 1.03 bits per heavy atom. The summed E-state index contributed by atoms with van der Waals surface area (Å²) in [6, 6.07) is 11.8. The second-order valence-corrected chi connectivity index (χ2v) is 7.76. The number of benzene rings is 2. The molecule has 2 heterocycles. The molecule has 2 saturated heterocycles. The van der Waals surface area contributed by atoms with E-state index < -0.39 is 11.9 Å². The number of carbonyl (C=O) groups excluding carboxylic acids is 3. The molecule has 1 atom stereocenters. The van der Waals surface area contributed by atoms with Crippen LogP contribution >= 0.6 is 0 Å². The number of nitrogens with zero attached hydrogens (tertiary/aromatic N) is 2. The molecule has 2 aliphatic heterocycles. The molecule has 31 heavy (non-hydrogen) atoms. The number of hydrogen-bond donors (Lipinski definition) is 1. The molecule has 1 N–H and O–H groups in total. The average molecular weight is 425 g/mol. The monoisotopic (exact) mass is 425 g/mol. The van der Waals surface area contributed by atoms with E-state index in [0.717, 1.165) is 4.90 Å². The zero-order valence-corrected chi connectivity index (χ0v) is 17.2. The van der Waals surface area contributed by atoms with Gasteiger partial charge < -0.3 is 15.0 Å². The summed E-state index contributed by atoms with van der Waals surface area (Å²) in [4.78, 5) is 40.7. The van der Waals surface area contributed by atoms with Crippen LogP contribution in [0.1, 0.15) is 29.6 Å². The number of methoxy groups -OCH3 is 1. The molecule has 0 bridgehead atoms. The molecular formula is C23H24FN3O4. The summed E-state index contributed by atoms with van der Waals surface area (Å²) >= 11 is 0. The van der Waals surface area contributed by atoms with Gasteiger partial charge in [0.15, 0.2) is 0 Å². The molecule has 0 saturated carbocycles. The normalized spacial score (nSPS) is 19.7. The number of likely N-dealkylation sites (tertiary alicyclic amines) is 1. The zero-order chi connectivity index (χ0) is 22.0. The van der Waals surface area contributed by atoms with Gasteiger partial charge >= 0.3 is 0 Å². The van der Waals surface area contributed by atoms with Crippen LogP contribution < -0.4 is 15.0 Å². The van der Waals surface area contributed by atoms with E-state index in [1.54, 1.807) is 36.3 Å². The van der Waals surface area contributed by atoms with Gasteiger partial charge in [-0.2, -0.15) is 0 Å². The number of nitrogens with one attached hydrogen (secondary N) is 1. The maximum Gasteiger partial charge on any atom is 0.253 e. The Labute approximate surface area is 179 Å². The summed E-state index contributed by atoms with van der Waals surface area (Å²) in [5.74, 6) is -0.385. The number of rotatable bonds is 5. The number of anilines is 1. The zero-order valence-electron chi connectivity index (χ0n) is 17.2. The van der Waals surface area contributed by atoms with E-state index in [4.69, 9.17) is 4.74 Å². The molecule has 0 aliphatic carbocycles. The number of ether oxygens (including phenoxy) is 1. The van der Waals surface area contributed by atoms with Crippen molar-refractivity contribution in [2.24, 2.45) is 0 Å². The van der Waals surface area contributed by atoms with Crippen LogP contribution in [0, 0.1) is 5.82 Å². The molecule has 2 aromatic carbocycles. The first kappa shape index (κ1) is 21.0. The molecule has 2 aromatic rings. The van der Waals surface area contributed by atoms with Gasteiger partial charge in [-0.25, -0.2) is 9.29 Å². The molecule has 4 rings (SSSR count). The minimum Gasteiger partial charge on any atom is -0.497 e. The Balaban J connectivity index is 1.32. The quantitative estimate of drug-likeness (QED) is 0.744. The Bertz CT molecular complexity index is 969. The predicted molar refractivity (Wildman–Crippen MR) is 112 cm³/mol. The van der Waals surface area contributed by atoms with Gasteiger partial charge in [-0.1, -0.05) is 0 Å². The van der Waals surface area contributed by atoms with Crippen LogP contribution in [-0.2, 0) is 9.59 Å². The van der Waals surface area contributed by atoms with Crippen molar-refractivity contribution < 1.29 is 23.5 Å². The fourth-order valence-corrected chi connectivity index (χ4v) is 4.07.